The number of benzene rings is 6. The van der Waals surface area contributed by atoms with Crippen molar-refractivity contribution < 1.29 is 105 Å². The first-order chi connectivity index (χ1) is 55.4. The van der Waals surface area contributed by atoms with Crippen molar-refractivity contribution >= 4 is 59.6 Å². The molecule has 0 aliphatic heterocycles. The largest absolute Gasteiger partial charge is 0.494 e. The quantitative estimate of drug-likeness (QED) is 0.0118. The molecule has 114 heavy (non-hydrogen) atoms. The summed E-state index contributed by atoms with van der Waals surface area (Å²) < 4.78 is 68.0. The van der Waals surface area contributed by atoms with E-state index in [0.29, 0.717) is 75.9 Å². The third-order valence-electron chi connectivity index (χ3n) is 18.0. The molecule has 0 radical (unpaired) electrons. The van der Waals surface area contributed by atoms with E-state index in [9.17, 15) is 47.9 Å². The fraction of sp³-hybridized carbons (Fsp3) is 0.400. The SMILES string of the molecule is C=CC(=O)OCCCCCCCCOc1ccc(C(=O)Oc2cc(CCCCc3cc(OC(=O)c4ccc(OCCCCCCCCOC(=O)C=C)cc4)cc(C(N)=O)c3OC(=O)c3ccc(OCCCCCCCCOC(=O)C=C)cc3)c(OC(=O)c3ccc(OCCCCCCCCOC(=O)C=C)cc3)c(C(N)=O)c2)cc1. The summed E-state index contributed by atoms with van der Waals surface area (Å²) in [6.45, 7) is 16.8. The van der Waals surface area contributed by atoms with Crippen LogP contribution in [0, 0.1) is 0 Å². The van der Waals surface area contributed by atoms with Crippen molar-refractivity contribution in [2.45, 2.75) is 180 Å². The lowest BCUT2D eigenvalue weighted by molar-refractivity contribution is -0.138. The van der Waals surface area contributed by atoms with E-state index in [4.69, 9.17) is 68.3 Å². The molecule has 0 saturated carbocycles. The summed E-state index contributed by atoms with van der Waals surface area (Å²) in [5.74, 6) is -5.55. The summed E-state index contributed by atoms with van der Waals surface area (Å²) in [7, 11) is 0. The van der Waals surface area contributed by atoms with Crippen molar-refractivity contribution in [3.63, 3.8) is 0 Å². The topological polar surface area (TPSA) is 333 Å². The Morgan fingerprint density at radius 1 is 0.254 bits per heavy atom. The van der Waals surface area contributed by atoms with Gasteiger partial charge in [-0.1, -0.05) is 129 Å². The van der Waals surface area contributed by atoms with Crippen LogP contribution in [0.5, 0.6) is 46.0 Å². The van der Waals surface area contributed by atoms with Crippen LogP contribution in [0.25, 0.3) is 0 Å². The van der Waals surface area contributed by atoms with Crippen molar-refractivity contribution in [2.75, 3.05) is 52.9 Å². The smallest absolute Gasteiger partial charge is 0.343 e. The van der Waals surface area contributed by atoms with Gasteiger partial charge in [0.05, 0.1) is 86.2 Å². The first kappa shape index (κ1) is 91.1. The minimum Gasteiger partial charge on any atom is -0.494 e. The lowest BCUT2D eigenvalue weighted by Crippen LogP contribution is -2.19. The Morgan fingerprint density at radius 2 is 0.465 bits per heavy atom. The van der Waals surface area contributed by atoms with Gasteiger partial charge in [0.25, 0.3) is 11.8 Å². The van der Waals surface area contributed by atoms with E-state index in [1.807, 2.05) is 0 Å². The maximum absolute atomic E-state index is 14.2. The van der Waals surface area contributed by atoms with Gasteiger partial charge in [0.1, 0.15) is 46.0 Å². The van der Waals surface area contributed by atoms with Crippen LogP contribution in [0.4, 0.5) is 0 Å². The van der Waals surface area contributed by atoms with Gasteiger partial charge in [0, 0.05) is 24.3 Å². The summed E-state index contributed by atoms with van der Waals surface area (Å²) in [6.07, 6.45) is 26.5. The molecule has 6 aromatic carbocycles. The van der Waals surface area contributed by atoms with Crippen LogP contribution < -0.4 is 49.4 Å². The molecule has 24 nitrogen and oxygen atoms in total. The molecule has 6 rings (SSSR count). The number of carbonyl (C=O) groups excluding carboxylic acids is 10. The third kappa shape index (κ3) is 35.3. The first-order valence-corrected chi connectivity index (χ1v) is 39.3. The van der Waals surface area contributed by atoms with E-state index in [1.54, 1.807) is 48.5 Å². The Kier molecular flexibility index (Phi) is 42.5. The average Bonchev–Trinajstić information content (AvgIpc) is 0.804. The van der Waals surface area contributed by atoms with Gasteiger partial charge in [-0.2, -0.15) is 0 Å². The van der Waals surface area contributed by atoms with E-state index < -0.39 is 59.6 Å². The fourth-order valence-corrected chi connectivity index (χ4v) is 11.8. The molecular formula is C90H108N2O22. The molecule has 0 spiro atoms. The van der Waals surface area contributed by atoms with Gasteiger partial charge in [0.15, 0.2) is 0 Å². The second kappa shape index (κ2) is 53.2. The zero-order valence-corrected chi connectivity index (χ0v) is 65.3. The zero-order chi connectivity index (χ0) is 81.9. The van der Waals surface area contributed by atoms with Crippen LogP contribution >= 0.6 is 0 Å². The standard InChI is InChI=1S/C90H108N2O22/c1-5-79(93)107-57-31-21-13-9-17-27-53-103-71-45-37-65(38-46-71)87(99)111-75-61-69(83(77(63-75)85(91)97)113-89(101)67-41-49-73(50-42-67)105-55-29-19-11-15-23-33-59-109-81(95)7-3)35-25-26-36-70-62-76(112-88(100)66-39-47-72(48-40-66)104-54-28-18-10-14-22-32-58-108-80(94)6-2)64-78(86(92)98)84(70)114-90(102)68-43-51-74(52-44-68)106-56-30-20-12-16-24-34-60-110-82(96)8-4/h5-8,37-52,61-64H,1-4,9-36,53-60H2,(H2,91,97)(H2,92,98). The summed E-state index contributed by atoms with van der Waals surface area (Å²) in [5.41, 5.74) is 12.6. The highest BCUT2D eigenvalue weighted by molar-refractivity contribution is 6.01. The van der Waals surface area contributed by atoms with Gasteiger partial charge < -0.3 is 68.3 Å². The van der Waals surface area contributed by atoms with Gasteiger partial charge in [-0.3, -0.25) is 9.59 Å². The highest BCUT2D eigenvalue weighted by Gasteiger charge is 2.26. The van der Waals surface area contributed by atoms with Gasteiger partial charge in [-0.05, 0) is 210 Å². The minimum atomic E-state index is -1.01. The number of hydrogen-bond acceptors (Lipinski definition) is 22. The van der Waals surface area contributed by atoms with Crippen molar-refractivity contribution in [2.24, 2.45) is 11.5 Å². The molecule has 0 atom stereocenters. The molecular weight excluding hydrogens is 1460 g/mol. The van der Waals surface area contributed by atoms with Gasteiger partial charge in [-0.25, -0.2) is 38.4 Å². The molecule has 610 valence electrons. The first-order valence-electron chi connectivity index (χ1n) is 39.3. The Bertz CT molecular complexity index is 3830. The lowest BCUT2D eigenvalue weighted by Gasteiger charge is -2.17. The number of amides is 2. The van der Waals surface area contributed by atoms with Crippen LogP contribution in [0.3, 0.4) is 0 Å². The van der Waals surface area contributed by atoms with Crippen molar-refractivity contribution in [1.29, 1.82) is 0 Å². The summed E-state index contributed by atoms with van der Waals surface area (Å²) in [6, 6.07) is 30.6. The fourth-order valence-electron chi connectivity index (χ4n) is 11.8. The van der Waals surface area contributed by atoms with Crippen LogP contribution in [0.1, 0.15) is 240 Å². The van der Waals surface area contributed by atoms with Crippen LogP contribution in [-0.4, -0.2) is 112 Å². The van der Waals surface area contributed by atoms with E-state index in [2.05, 4.69) is 26.3 Å². The van der Waals surface area contributed by atoms with Crippen LogP contribution in [-0.2, 0) is 51.0 Å². The number of nitrogens with two attached hydrogens (primary N) is 2. The summed E-state index contributed by atoms with van der Waals surface area (Å²) >= 11 is 0. The average molecular weight is 1570 g/mol. The number of primary amides is 2. The molecule has 24 heteroatoms. The zero-order valence-electron chi connectivity index (χ0n) is 65.3. The molecule has 0 aliphatic carbocycles. The molecule has 0 aromatic heterocycles. The van der Waals surface area contributed by atoms with Crippen molar-refractivity contribution in [3.05, 3.63) is 216 Å². The number of esters is 8. The lowest BCUT2D eigenvalue weighted by atomic mass is 9.98. The third-order valence-corrected chi connectivity index (χ3v) is 18.0. The molecule has 0 heterocycles. The normalized spacial score (nSPS) is 10.7. The second-order valence-corrected chi connectivity index (χ2v) is 26.9. The Morgan fingerprint density at radius 3 is 0.684 bits per heavy atom. The molecule has 0 saturated heterocycles. The van der Waals surface area contributed by atoms with Crippen molar-refractivity contribution in [1.82, 2.24) is 0 Å². The number of hydrogen-bond donors (Lipinski definition) is 2. The van der Waals surface area contributed by atoms with Gasteiger partial charge in [-0.15, -0.1) is 0 Å². The molecule has 6 aromatic rings. The van der Waals surface area contributed by atoms with Gasteiger partial charge in [0.2, 0.25) is 0 Å². The van der Waals surface area contributed by atoms with E-state index in [-0.39, 0.29) is 93.2 Å². The van der Waals surface area contributed by atoms with Crippen LogP contribution in [0.2, 0.25) is 0 Å². The number of aryl methyl sites for hydroxylation is 2. The number of rotatable bonds is 59. The van der Waals surface area contributed by atoms with Crippen LogP contribution in [0.15, 0.2) is 172 Å². The Hall–Kier alpha value is -11.8. The summed E-state index contributed by atoms with van der Waals surface area (Å²) in [5, 5.41) is 0. The van der Waals surface area contributed by atoms with Crippen molar-refractivity contribution in [3.8, 4) is 46.0 Å². The van der Waals surface area contributed by atoms with E-state index in [1.165, 1.54) is 72.8 Å². The predicted molar refractivity (Wildman–Crippen MR) is 430 cm³/mol. The molecule has 4 N–H and O–H groups in total. The van der Waals surface area contributed by atoms with E-state index >= 15 is 0 Å². The summed E-state index contributed by atoms with van der Waals surface area (Å²) in [4.78, 5) is 128. The van der Waals surface area contributed by atoms with E-state index in [0.717, 1.165) is 178 Å². The molecule has 2 amide bonds. The number of carbonyl (C=O) groups is 10. The number of ether oxygens (including phenoxy) is 12. The minimum absolute atomic E-state index is 0.0423. The maximum Gasteiger partial charge on any atom is 0.343 e. The van der Waals surface area contributed by atoms with Gasteiger partial charge >= 0.3 is 47.8 Å². The highest BCUT2D eigenvalue weighted by atomic mass is 16.6. The molecule has 0 fully saturated rings. The predicted octanol–water partition coefficient (Wildman–Crippen LogP) is 17.1. The molecule has 0 unspecified atom stereocenters. The maximum atomic E-state index is 14.2. The second-order valence-electron chi connectivity index (χ2n) is 26.9. The number of unbranched alkanes of at least 4 members (excludes halogenated alkanes) is 21. The molecule has 0 aliphatic rings. The Balaban J connectivity index is 1.19. The Labute approximate surface area is 667 Å². The monoisotopic (exact) mass is 1570 g/mol. The molecule has 0 bridgehead atoms. The highest BCUT2D eigenvalue weighted by Crippen LogP contribution is 2.36.